The van der Waals surface area contributed by atoms with Gasteiger partial charge in [0.2, 0.25) is 0 Å². The zero-order valence-corrected chi connectivity index (χ0v) is 14.5. The van der Waals surface area contributed by atoms with Crippen LogP contribution < -0.4 is 5.32 Å². The number of carboxylic acid groups (broad SMARTS) is 1. The van der Waals surface area contributed by atoms with Crippen LogP contribution in [0.3, 0.4) is 0 Å². The predicted molar refractivity (Wildman–Crippen MR) is 95.8 cm³/mol. The van der Waals surface area contributed by atoms with Gasteiger partial charge in [-0.1, -0.05) is 24.3 Å². The largest absolute Gasteiger partial charge is 0.465 e. The van der Waals surface area contributed by atoms with Crippen LogP contribution in [-0.4, -0.2) is 38.0 Å². The Hall–Kier alpha value is -2.34. The third-order valence-electron chi connectivity index (χ3n) is 6.91. The number of nitrogens with zero attached hydrogens (tertiary/aromatic N) is 2. The molecule has 26 heavy (non-hydrogen) atoms. The van der Waals surface area contributed by atoms with E-state index in [4.69, 9.17) is 5.11 Å². The summed E-state index contributed by atoms with van der Waals surface area (Å²) in [6, 6.07) is 8.59. The maximum Gasteiger partial charge on any atom is 0.404 e. The quantitative estimate of drug-likeness (QED) is 0.774. The van der Waals surface area contributed by atoms with Crippen molar-refractivity contribution in [2.45, 2.75) is 50.3 Å². The van der Waals surface area contributed by atoms with Gasteiger partial charge >= 0.3 is 6.09 Å². The fourth-order valence-electron chi connectivity index (χ4n) is 5.60. The van der Waals surface area contributed by atoms with Gasteiger partial charge in [0.05, 0.1) is 30.4 Å². The third kappa shape index (κ3) is 2.14. The number of hydrogen-bond acceptors (Lipinski definition) is 3. The molecule has 2 aliphatic carbocycles. The highest BCUT2D eigenvalue weighted by molar-refractivity contribution is 5.69. The number of rotatable bonds is 2. The molecule has 6 nitrogen and oxygen atoms in total. The van der Waals surface area contributed by atoms with E-state index in [1.807, 2.05) is 18.6 Å². The first-order chi connectivity index (χ1) is 12.6. The highest BCUT2D eigenvalue weighted by Gasteiger charge is 2.57. The molecule has 3 aliphatic rings. The number of aliphatic hydroxyl groups excluding tert-OH is 1. The van der Waals surface area contributed by atoms with Crippen molar-refractivity contribution in [2.75, 3.05) is 0 Å². The molecule has 5 rings (SSSR count). The molecule has 1 aromatic heterocycles. The summed E-state index contributed by atoms with van der Waals surface area (Å²) in [5.41, 5.74) is 3.59. The molecule has 0 saturated heterocycles. The second-order valence-electron chi connectivity index (χ2n) is 8.12. The van der Waals surface area contributed by atoms with Crippen LogP contribution in [0.5, 0.6) is 0 Å². The molecule has 1 spiro atoms. The van der Waals surface area contributed by atoms with Crippen molar-refractivity contribution in [2.24, 2.45) is 11.3 Å². The summed E-state index contributed by atoms with van der Waals surface area (Å²) >= 11 is 0. The monoisotopic (exact) mass is 353 g/mol. The van der Waals surface area contributed by atoms with Gasteiger partial charge in [-0.15, -0.1) is 0 Å². The van der Waals surface area contributed by atoms with E-state index in [0.29, 0.717) is 0 Å². The van der Waals surface area contributed by atoms with Crippen molar-refractivity contribution < 1.29 is 15.0 Å². The molecule has 1 amide bonds. The number of hydrogen-bond donors (Lipinski definition) is 3. The first-order valence-electron chi connectivity index (χ1n) is 9.38. The topological polar surface area (TPSA) is 87.4 Å². The van der Waals surface area contributed by atoms with Crippen molar-refractivity contribution in [3.63, 3.8) is 0 Å². The lowest BCUT2D eigenvalue weighted by atomic mass is 9.51. The Morgan fingerprint density at radius 2 is 2.04 bits per heavy atom. The van der Waals surface area contributed by atoms with Crippen LogP contribution in [0.25, 0.3) is 11.3 Å². The minimum Gasteiger partial charge on any atom is -0.465 e. The lowest BCUT2D eigenvalue weighted by Crippen LogP contribution is -2.57. The molecule has 0 radical (unpaired) electrons. The lowest BCUT2D eigenvalue weighted by Gasteiger charge is -2.57. The number of imidazole rings is 1. The van der Waals surface area contributed by atoms with Crippen LogP contribution in [0.15, 0.2) is 36.8 Å². The minimum atomic E-state index is -0.951. The summed E-state index contributed by atoms with van der Waals surface area (Å²) in [5, 5.41) is 22.6. The first kappa shape index (κ1) is 15.9. The van der Waals surface area contributed by atoms with E-state index in [0.717, 1.165) is 37.8 Å². The lowest BCUT2D eigenvalue weighted by molar-refractivity contribution is -0.152. The molecule has 0 unspecified atom stereocenters. The normalized spacial score (nSPS) is 34.8. The van der Waals surface area contributed by atoms with Gasteiger partial charge in [-0.2, -0.15) is 0 Å². The van der Waals surface area contributed by atoms with E-state index >= 15 is 0 Å². The van der Waals surface area contributed by atoms with Crippen LogP contribution in [0.4, 0.5) is 4.79 Å². The molecule has 2 heterocycles. The second kappa shape index (κ2) is 5.58. The number of carbonyl (C=O) groups is 1. The number of benzene rings is 1. The Labute approximate surface area is 151 Å². The van der Waals surface area contributed by atoms with Crippen LogP contribution in [-0.2, 0) is 0 Å². The smallest absolute Gasteiger partial charge is 0.404 e. The van der Waals surface area contributed by atoms with Gasteiger partial charge in [-0.3, -0.25) is 0 Å². The summed E-state index contributed by atoms with van der Waals surface area (Å²) in [5.74, 6) is 0.190. The average molecular weight is 353 g/mol. The number of aliphatic hydroxyl groups is 1. The van der Waals surface area contributed by atoms with Crippen molar-refractivity contribution >= 4 is 6.09 Å². The number of fused-ring (bicyclic) bond motifs is 3. The van der Waals surface area contributed by atoms with Crippen LogP contribution in [0, 0.1) is 11.3 Å². The summed E-state index contributed by atoms with van der Waals surface area (Å²) in [7, 11) is 0. The zero-order chi connectivity index (χ0) is 17.9. The van der Waals surface area contributed by atoms with E-state index in [1.165, 1.54) is 11.1 Å². The van der Waals surface area contributed by atoms with Crippen molar-refractivity contribution in [3.8, 4) is 11.3 Å². The van der Waals surface area contributed by atoms with Crippen LogP contribution >= 0.6 is 0 Å². The number of aromatic nitrogens is 2. The molecular formula is C20H23N3O3. The standard InChI is InChI=1S/C20H23N3O3/c24-18-15(9-20(18)7-5-12(6-8-20)22-19(25)26)17-14-4-2-1-3-13(14)16-10-21-11-23(16)17/h1-4,10-12,15,17-18,22,24H,5-9H2,(H,25,26)/t12?,15-,17+,18+,20?/m1/s1. The average Bonchev–Trinajstić information content (AvgIpc) is 3.22. The molecule has 136 valence electrons. The zero-order valence-electron chi connectivity index (χ0n) is 14.5. The highest BCUT2D eigenvalue weighted by atomic mass is 16.4. The Morgan fingerprint density at radius 3 is 2.77 bits per heavy atom. The molecule has 2 saturated carbocycles. The van der Waals surface area contributed by atoms with Gasteiger partial charge in [-0.25, -0.2) is 9.78 Å². The minimum absolute atomic E-state index is 0.0248. The molecule has 3 atom stereocenters. The molecule has 2 fully saturated rings. The molecular weight excluding hydrogens is 330 g/mol. The van der Waals surface area contributed by atoms with Crippen molar-refractivity contribution in [3.05, 3.63) is 42.4 Å². The summed E-state index contributed by atoms with van der Waals surface area (Å²) < 4.78 is 2.21. The van der Waals surface area contributed by atoms with Crippen molar-refractivity contribution in [1.29, 1.82) is 0 Å². The van der Waals surface area contributed by atoms with E-state index in [-0.39, 0.29) is 29.5 Å². The van der Waals surface area contributed by atoms with Crippen molar-refractivity contribution in [1.82, 2.24) is 14.9 Å². The van der Waals surface area contributed by atoms with E-state index in [2.05, 4.69) is 33.1 Å². The second-order valence-corrected chi connectivity index (χ2v) is 8.12. The third-order valence-corrected chi connectivity index (χ3v) is 6.91. The Morgan fingerprint density at radius 1 is 1.27 bits per heavy atom. The molecule has 1 aromatic carbocycles. The van der Waals surface area contributed by atoms with Gasteiger partial charge in [0.25, 0.3) is 0 Å². The van der Waals surface area contributed by atoms with Gasteiger partial charge in [0.15, 0.2) is 0 Å². The Balaban J connectivity index is 1.36. The number of amides is 1. The molecule has 3 N–H and O–H groups in total. The van der Waals surface area contributed by atoms with Gasteiger partial charge in [0, 0.05) is 17.5 Å². The Bertz CT molecular complexity index is 853. The fraction of sp³-hybridized carbons (Fsp3) is 0.500. The SMILES string of the molecule is O=C(O)NC1CCC2(CC1)C[C@H]([C@@H]1c3ccccc3-c3cncn31)[C@@H]2O. The fourth-order valence-corrected chi connectivity index (χ4v) is 5.60. The number of nitrogens with one attached hydrogen (secondary N) is 1. The highest BCUT2D eigenvalue weighted by Crippen LogP contribution is 2.60. The predicted octanol–water partition coefficient (Wildman–Crippen LogP) is 3.03. The van der Waals surface area contributed by atoms with Crippen LogP contribution in [0.2, 0.25) is 0 Å². The molecule has 6 heteroatoms. The molecule has 2 aromatic rings. The first-order valence-corrected chi connectivity index (χ1v) is 9.38. The van der Waals surface area contributed by atoms with Gasteiger partial charge < -0.3 is 20.1 Å². The van der Waals surface area contributed by atoms with E-state index in [9.17, 15) is 9.90 Å². The van der Waals surface area contributed by atoms with E-state index in [1.54, 1.807) is 0 Å². The maximum absolute atomic E-state index is 11.1. The molecule has 1 aliphatic heterocycles. The van der Waals surface area contributed by atoms with Gasteiger partial charge in [-0.05, 0) is 43.1 Å². The Kier molecular flexibility index (Phi) is 3.41. The van der Waals surface area contributed by atoms with Gasteiger partial charge in [0.1, 0.15) is 0 Å². The summed E-state index contributed by atoms with van der Waals surface area (Å²) in [6.07, 6.45) is 6.88. The maximum atomic E-state index is 11.1. The summed E-state index contributed by atoms with van der Waals surface area (Å²) in [4.78, 5) is 15.2. The van der Waals surface area contributed by atoms with E-state index < -0.39 is 6.09 Å². The summed E-state index contributed by atoms with van der Waals surface area (Å²) in [6.45, 7) is 0. The molecule has 0 bridgehead atoms. The van der Waals surface area contributed by atoms with Crippen LogP contribution in [0.1, 0.15) is 43.7 Å².